The number of hydrogen-bond acceptors (Lipinski definition) is 3. The van der Waals surface area contributed by atoms with Gasteiger partial charge in [0, 0.05) is 16.9 Å². The first-order chi connectivity index (χ1) is 15.1. The predicted molar refractivity (Wildman–Crippen MR) is 118 cm³/mol. The van der Waals surface area contributed by atoms with Gasteiger partial charge in [-0.1, -0.05) is 35.9 Å². The van der Waals surface area contributed by atoms with Crippen molar-refractivity contribution in [1.82, 2.24) is 0 Å². The summed E-state index contributed by atoms with van der Waals surface area (Å²) in [6, 6.07) is 17.4. The highest BCUT2D eigenvalue weighted by Crippen LogP contribution is 2.27. The van der Waals surface area contributed by atoms with Crippen molar-refractivity contribution in [3.05, 3.63) is 101 Å². The topological polar surface area (TPSA) is 65.0 Å². The van der Waals surface area contributed by atoms with Crippen molar-refractivity contribution < 1.29 is 22.4 Å². The van der Waals surface area contributed by atoms with Gasteiger partial charge in [0.15, 0.2) is 0 Å². The summed E-state index contributed by atoms with van der Waals surface area (Å²) in [5.74, 6) is -0.919. The molecule has 3 rings (SSSR count). The fourth-order valence-electron chi connectivity index (χ4n) is 2.66. The minimum absolute atomic E-state index is 0.0223. The van der Waals surface area contributed by atoms with Crippen LogP contribution in [0.4, 0.5) is 28.9 Å². The van der Waals surface area contributed by atoms with Crippen molar-refractivity contribution in [2.45, 2.75) is 6.18 Å². The van der Waals surface area contributed by atoms with Gasteiger partial charge in [-0.2, -0.15) is 13.2 Å². The normalized spacial score (nSPS) is 11.7. The van der Waals surface area contributed by atoms with E-state index in [2.05, 4.69) is 10.6 Å². The van der Waals surface area contributed by atoms with Gasteiger partial charge in [-0.3, -0.25) is 10.2 Å². The molecule has 0 aromatic heterocycles. The molecule has 9 heteroatoms. The summed E-state index contributed by atoms with van der Waals surface area (Å²) in [6.07, 6.45) is -4.18. The van der Waals surface area contributed by atoms with E-state index in [-0.39, 0.29) is 16.3 Å². The van der Waals surface area contributed by atoms with Crippen molar-refractivity contribution in [2.75, 3.05) is 10.6 Å². The highest BCUT2D eigenvalue weighted by Gasteiger charge is 2.33. The molecule has 164 valence electrons. The summed E-state index contributed by atoms with van der Waals surface area (Å²) in [7, 11) is 0. The van der Waals surface area contributed by atoms with E-state index in [1.165, 1.54) is 48.5 Å². The van der Waals surface area contributed by atoms with E-state index in [0.29, 0.717) is 23.0 Å². The van der Waals surface area contributed by atoms with E-state index in [4.69, 9.17) is 17.0 Å². The fourth-order valence-corrected chi connectivity index (χ4v) is 2.85. The first-order valence-electron chi connectivity index (χ1n) is 9.20. The smallest absolute Gasteiger partial charge is 0.354 e. The van der Waals surface area contributed by atoms with Crippen LogP contribution in [0.2, 0.25) is 5.02 Å². The molecule has 0 saturated carbocycles. The van der Waals surface area contributed by atoms with Gasteiger partial charge in [-0.25, -0.2) is 4.39 Å². The Balaban J connectivity index is 1.87. The Labute approximate surface area is 186 Å². The molecule has 3 aromatic rings. The number of rotatable bonds is 6. The largest absolute Gasteiger partial charge is 0.432 e. The van der Waals surface area contributed by atoms with Gasteiger partial charge in [0.25, 0.3) is 5.91 Å². The van der Waals surface area contributed by atoms with E-state index in [0.717, 1.165) is 0 Å². The number of amides is 1. The quantitative estimate of drug-likeness (QED) is 0.280. The Bertz CT molecular complexity index is 1160. The number of para-hydroxylation sites is 1. The molecule has 32 heavy (non-hydrogen) atoms. The number of alkyl halides is 3. The molecule has 0 heterocycles. The first kappa shape index (κ1) is 23.0. The average molecular weight is 462 g/mol. The van der Waals surface area contributed by atoms with Gasteiger partial charge < -0.3 is 10.6 Å². The zero-order valence-electron chi connectivity index (χ0n) is 16.3. The molecule has 1 amide bonds. The molecule has 3 aromatic carbocycles. The summed E-state index contributed by atoms with van der Waals surface area (Å²) < 4.78 is 51.8. The highest BCUT2D eigenvalue weighted by atomic mass is 35.5. The van der Waals surface area contributed by atoms with E-state index < -0.39 is 23.6 Å². The Morgan fingerprint density at radius 2 is 1.47 bits per heavy atom. The molecule has 0 aliphatic heterocycles. The van der Waals surface area contributed by atoms with Crippen molar-refractivity contribution in [3.8, 4) is 0 Å². The summed E-state index contributed by atoms with van der Waals surface area (Å²) in [5, 5.41) is 13.0. The molecule has 0 radical (unpaired) electrons. The highest BCUT2D eigenvalue weighted by molar-refractivity contribution is 6.33. The number of hydrogen-bond donors (Lipinski definition) is 3. The van der Waals surface area contributed by atoms with Gasteiger partial charge in [-0.15, -0.1) is 0 Å². The molecule has 0 unspecified atom stereocenters. The molecular formula is C23H16ClF4N3O. The lowest BCUT2D eigenvalue weighted by atomic mass is 10.1. The van der Waals surface area contributed by atoms with Crippen LogP contribution < -0.4 is 10.6 Å². The van der Waals surface area contributed by atoms with E-state index >= 15 is 0 Å². The van der Waals surface area contributed by atoms with Gasteiger partial charge in [-0.05, 0) is 60.2 Å². The Kier molecular flexibility index (Phi) is 6.95. The summed E-state index contributed by atoms with van der Waals surface area (Å²) in [4.78, 5) is 12.4. The Hall–Kier alpha value is -3.65. The third-order valence-electron chi connectivity index (χ3n) is 4.30. The van der Waals surface area contributed by atoms with Gasteiger partial charge in [0.1, 0.15) is 11.5 Å². The number of carbonyl (C=O) groups excluding carboxylic acids is 1. The third-order valence-corrected chi connectivity index (χ3v) is 4.63. The number of carbonyl (C=O) groups is 1. The SMILES string of the molecule is N=C(/C=C(\Nc1ccccc1Cl)c1ccc(C(=O)Nc2ccc(F)cc2)cc1)C(F)(F)F. The van der Waals surface area contributed by atoms with Crippen LogP contribution >= 0.6 is 11.6 Å². The molecule has 3 N–H and O–H groups in total. The molecule has 0 aliphatic rings. The zero-order valence-corrected chi connectivity index (χ0v) is 17.1. The monoisotopic (exact) mass is 461 g/mol. The lowest BCUT2D eigenvalue weighted by Crippen LogP contribution is -2.20. The molecular weight excluding hydrogens is 446 g/mol. The molecule has 0 fully saturated rings. The zero-order chi connectivity index (χ0) is 23.3. The van der Waals surface area contributed by atoms with Crippen LogP contribution in [-0.4, -0.2) is 17.8 Å². The Morgan fingerprint density at radius 1 is 0.875 bits per heavy atom. The second-order valence-electron chi connectivity index (χ2n) is 6.61. The van der Waals surface area contributed by atoms with Gasteiger partial charge in [0.05, 0.1) is 10.7 Å². The number of benzene rings is 3. The standard InChI is InChI=1S/C23H16ClF4N3O/c24-18-3-1-2-4-19(18)31-20(13-21(29)23(26,27)28)14-5-7-15(8-6-14)22(32)30-17-11-9-16(25)10-12-17/h1-13,29,31H,(H,30,32)/b20-13-,29-21?. The Morgan fingerprint density at radius 3 is 2.06 bits per heavy atom. The fraction of sp³-hybridized carbons (Fsp3) is 0.0435. The maximum absolute atomic E-state index is 13.0. The van der Waals surface area contributed by atoms with E-state index in [1.54, 1.807) is 24.3 Å². The number of allylic oxidation sites excluding steroid dienone is 1. The third kappa shape index (κ3) is 5.95. The molecule has 0 bridgehead atoms. The lowest BCUT2D eigenvalue weighted by molar-refractivity contribution is -0.0583. The van der Waals surface area contributed by atoms with Crippen LogP contribution in [0.1, 0.15) is 15.9 Å². The number of anilines is 2. The summed E-state index contributed by atoms with van der Waals surface area (Å²) in [5.41, 5.74) is -0.289. The van der Waals surface area contributed by atoms with Gasteiger partial charge >= 0.3 is 6.18 Å². The van der Waals surface area contributed by atoms with E-state index in [9.17, 15) is 22.4 Å². The second-order valence-corrected chi connectivity index (χ2v) is 7.02. The lowest BCUT2D eigenvalue weighted by Gasteiger charge is -2.15. The second kappa shape index (κ2) is 9.65. The summed E-state index contributed by atoms with van der Waals surface area (Å²) >= 11 is 6.09. The molecule has 0 spiro atoms. The molecule has 0 aliphatic carbocycles. The first-order valence-corrected chi connectivity index (χ1v) is 9.57. The van der Waals surface area contributed by atoms with Crippen LogP contribution in [0.25, 0.3) is 5.70 Å². The van der Waals surface area contributed by atoms with Crippen molar-refractivity contribution >= 4 is 40.3 Å². The van der Waals surface area contributed by atoms with Crippen LogP contribution in [0.3, 0.4) is 0 Å². The van der Waals surface area contributed by atoms with Crippen LogP contribution in [0.15, 0.2) is 78.9 Å². The minimum Gasteiger partial charge on any atom is -0.354 e. The average Bonchev–Trinajstić information content (AvgIpc) is 2.75. The molecule has 0 saturated heterocycles. The molecule has 0 atom stereocenters. The van der Waals surface area contributed by atoms with Crippen LogP contribution in [0, 0.1) is 11.2 Å². The van der Waals surface area contributed by atoms with E-state index in [1.807, 2.05) is 0 Å². The van der Waals surface area contributed by atoms with Crippen molar-refractivity contribution in [3.63, 3.8) is 0 Å². The van der Waals surface area contributed by atoms with Crippen molar-refractivity contribution in [1.29, 1.82) is 5.41 Å². The number of nitrogens with one attached hydrogen (secondary N) is 3. The molecule has 4 nitrogen and oxygen atoms in total. The predicted octanol–water partition coefficient (Wildman–Crippen LogP) is 6.77. The maximum atomic E-state index is 13.0. The van der Waals surface area contributed by atoms with Crippen molar-refractivity contribution in [2.24, 2.45) is 0 Å². The number of halogens is 5. The van der Waals surface area contributed by atoms with Crippen LogP contribution in [0.5, 0.6) is 0 Å². The van der Waals surface area contributed by atoms with Crippen LogP contribution in [-0.2, 0) is 0 Å². The summed E-state index contributed by atoms with van der Waals surface area (Å²) in [6.45, 7) is 0. The minimum atomic E-state index is -4.83. The maximum Gasteiger partial charge on any atom is 0.432 e. The van der Waals surface area contributed by atoms with Gasteiger partial charge in [0.2, 0.25) is 0 Å².